The van der Waals surface area contributed by atoms with E-state index in [4.69, 9.17) is 9.47 Å². The molecule has 52 heavy (non-hydrogen) atoms. The molecular weight excluding hydrogens is 641 g/mol. The van der Waals surface area contributed by atoms with Gasteiger partial charge in [-0.2, -0.15) is 0 Å². The van der Waals surface area contributed by atoms with E-state index in [2.05, 4.69) is 38.2 Å². The van der Waals surface area contributed by atoms with Crippen LogP contribution in [0.15, 0.2) is 24.3 Å². The Morgan fingerprint density at radius 3 is 1.10 bits per heavy atom. The third kappa shape index (κ3) is 43.3. The Morgan fingerprint density at radius 2 is 0.750 bits per heavy atom. The lowest BCUT2D eigenvalue weighted by Gasteiger charge is -2.16. The lowest BCUT2D eigenvalue weighted by molar-refractivity contribution is -0.154. The molecule has 1 N–H and O–H groups in total. The van der Waals surface area contributed by atoms with Gasteiger partial charge < -0.3 is 14.6 Å². The molecule has 0 aliphatic carbocycles. The summed E-state index contributed by atoms with van der Waals surface area (Å²) in [7, 11) is 0. The molecule has 0 fully saturated rings. The van der Waals surface area contributed by atoms with Crippen LogP contribution in [0, 0.1) is 0 Å². The van der Waals surface area contributed by atoms with Crippen LogP contribution in [0.25, 0.3) is 0 Å². The fraction of sp³-hybridized carbons (Fsp3) is 0.896. The number of ether oxygens (including phenoxy) is 2. The topological polar surface area (TPSA) is 55.8 Å². The van der Waals surface area contributed by atoms with Crippen LogP contribution in [-0.2, 0) is 14.3 Å². The van der Waals surface area contributed by atoms with Gasteiger partial charge >= 0.3 is 5.97 Å². The van der Waals surface area contributed by atoms with Crippen molar-refractivity contribution in [3.05, 3.63) is 24.3 Å². The summed E-state index contributed by atoms with van der Waals surface area (Å²) < 4.78 is 11.2. The van der Waals surface area contributed by atoms with Crippen molar-refractivity contribution in [1.82, 2.24) is 0 Å². The van der Waals surface area contributed by atoms with Gasteiger partial charge in [-0.05, 0) is 64.2 Å². The number of hydrogen-bond donors (Lipinski definition) is 1. The van der Waals surface area contributed by atoms with Gasteiger partial charge in [0.1, 0.15) is 6.10 Å². The van der Waals surface area contributed by atoms with E-state index < -0.39 is 6.10 Å². The standard InChI is InChI=1S/C48H92O4/c1-3-5-7-9-11-13-15-17-19-21-23-24-25-27-29-31-33-35-37-39-41-43-48(50)52-47(45-49)46-51-44-42-40-38-36-34-32-30-28-26-22-20-18-16-14-12-10-8-6-4-2/h20-23,47,49H,3-19,24-46H2,1-2H3/b22-20-,23-21-. The highest BCUT2D eigenvalue weighted by Gasteiger charge is 2.13. The molecule has 0 heterocycles. The average Bonchev–Trinajstić information content (AvgIpc) is 3.15. The minimum atomic E-state index is -0.534. The summed E-state index contributed by atoms with van der Waals surface area (Å²) in [5, 5.41) is 9.62. The highest BCUT2D eigenvalue weighted by molar-refractivity contribution is 5.69. The number of unbranched alkanes of at least 4 members (excludes halogenated alkanes) is 32. The second kappa shape index (κ2) is 46.0. The molecule has 0 aromatic rings. The zero-order chi connectivity index (χ0) is 37.7. The molecule has 0 aliphatic rings. The van der Waals surface area contributed by atoms with E-state index in [1.165, 1.54) is 212 Å². The molecule has 0 aromatic carbocycles. The summed E-state index contributed by atoms with van der Waals surface area (Å²) in [6.07, 6.45) is 56.8. The first kappa shape index (κ1) is 50.9. The number of carbonyl (C=O) groups excluding carboxylic acids is 1. The maximum atomic E-state index is 12.2. The van der Waals surface area contributed by atoms with E-state index in [0.29, 0.717) is 19.6 Å². The summed E-state index contributed by atoms with van der Waals surface area (Å²) in [6, 6.07) is 0. The fourth-order valence-corrected chi connectivity index (χ4v) is 6.97. The highest BCUT2D eigenvalue weighted by atomic mass is 16.6. The highest BCUT2D eigenvalue weighted by Crippen LogP contribution is 2.15. The zero-order valence-electron chi connectivity index (χ0n) is 35.3. The first-order valence-electron chi connectivity index (χ1n) is 23.4. The number of aliphatic hydroxyl groups is 1. The van der Waals surface area contributed by atoms with E-state index in [1.54, 1.807) is 0 Å². The molecule has 4 nitrogen and oxygen atoms in total. The second-order valence-electron chi connectivity index (χ2n) is 15.8. The molecule has 0 aliphatic heterocycles. The van der Waals surface area contributed by atoms with Crippen LogP contribution in [-0.4, -0.2) is 37.0 Å². The molecule has 1 unspecified atom stereocenters. The monoisotopic (exact) mass is 733 g/mol. The maximum absolute atomic E-state index is 12.2. The number of carbonyl (C=O) groups is 1. The summed E-state index contributed by atoms with van der Waals surface area (Å²) in [5.41, 5.74) is 0. The van der Waals surface area contributed by atoms with Gasteiger partial charge in [-0.15, -0.1) is 0 Å². The third-order valence-electron chi connectivity index (χ3n) is 10.5. The van der Waals surface area contributed by atoms with E-state index in [0.717, 1.165) is 19.3 Å². The van der Waals surface area contributed by atoms with E-state index in [-0.39, 0.29) is 12.6 Å². The van der Waals surface area contributed by atoms with E-state index in [9.17, 15) is 9.90 Å². The molecule has 0 rings (SSSR count). The van der Waals surface area contributed by atoms with Crippen LogP contribution in [0.2, 0.25) is 0 Å². The molecule has 0 saturated carbocycles. The first-order chi connectivity index (χ1) is 25.7. The minimum absolute atomic E-state index is 0.170. The van der Waals surface area contributed by atoms with Crippen molar-refractivity contribution < 1.29 is 19.4 Å². The molecule has 0 amide bonds. The van der Waals surface area contributed by atoms with Gasteiger partial charge in [-0.25, -0.2) is 0 Å². The third-order valence-corrected chi connectivity index (χ3v) is 10.5. The van der Waals surface area contributed by atoms with Crippen molar-refractivity contribution in [2.24, 2.45) is 0 Å². The molecule has 4 heteroatoms. The van der Waals surface area contributed by atoms with Crippen LogP contribution in [0.5, 0.6) is 0 Å². The summed E-state index contributed by atoms with van der Waals surface area (Å²) >= 11 is 0. The summed E-state index contributed by atoms with van der Waals surface area (Å²) in [4.78, 5) is 12.2. The SMILES string of the molecule is CCCCCCCCC/C=C\CCCCCCCCCCOCC(CO)OC(=O)CCCCCCCCCCC/C=C\CCCCCCCCCC. The lowest BCUT2D eigenvalue weighted by Crippen LogP contribution is -2.27. The molecule has 1 atom stereocenters. The molecular formula is C48H92O4. The average molecular weight is 733 g/mol. The predicted octanol–water partition coefficient (Wildman–Crippen LogP) is 15.5. The van der Waals surface area contributed by atoms with Gasteiger partial charge in [-0.3, -0.25) is 4.79 Å². The van der Waals surface area contributed by atoms with E-state index in [1.807, 2.05) is 0 Å². The van der Waals surface area contributed by atoms with Gasteiger partial charge in [0, 0.05) is 13.0 Å². The Balaban J connectivity index is 3.40. The first-order valence-corrected chi connectivity index (χ1v) is 23.4. The van der Waals surface area contributed by atoms with E-state index >= 15 is 0 Å². The van der Waals surface area contributed by atoms with Crippen molar-refractivity contribution in [3.63, 3.8) is 0 Å². The second-order valence-corrected chi connectivity index (χ2v) is 15.8. The Kier molecular flexibility index (Phi) is 45.0. The summed E-state index contributed by atoms with van der Waals surface area (Å²) in [5.74, 6) is -0.200. The van der Waals surface area contributed by atoms with Crippen molar-refractivity contribution in [3.8, 4) is 0 Å². The zero-order valence-corrected chi connectivity index (χ0v) is 35.3. The van der Waals surface area contributed by atoms with Crippen LogP contribution in [0.4, 0.5) is 0 Å². The quantitative estimate of drug-likeness (QED) is 0.0385. The van der Waals surface area contributed by atoms with Crippen LogP contribution in [0.3, 0.4) is 0 Å². The Labute approximate surface area is 326 Å². The predicted molar refractivity (Wildman–Crippen MR) is 228 cm³/mol. The molecule has 308 valence electrons. The van der Waals surface area contributed by atoms with Gasteiger partial charge in [-0.1, -0.05) is 205 Å². The Bertz CT molecular complexity index is 732. The molecule has 0 radical (unpaired) electrons. The van der Waals surface area contributed by atoms with Gasteiger partial charge in [0.15, 0.2) is 0 Å². The fourth-order valence-electron chi connectivity index (χ4n) is 6.97. The number of aliphatic hydroxyl groups excluding tert-OH is 1. The number of esters is 1. The van der Waals surface area contributed by atoms with Crippen LogP contribution < -0.4 is 0 Å². The van der Waals surface area contributed by atoms with Crippen molar-refractivity contribution in [2.45, 2.75) is 258 Å². The van der Waals surface area contributed by atoms with Gasteiger partial charge in [0.05, 0.1) is 13.2 Å². The summed E-state index contributed by atoms with van der Waals surface area (Å²) in [6.45, 7) is 5.37. The van der Waals surface area contributed by atoms with Crippen LogP contribution in [0.1, 0.15) is 251 Å². The Morgan fingerprint density at radius 1 is 0.442 bits per heavy atom. The molecule has 0 saturated heterocycles. The number of hydrogen-bond acceptors (Lipinski definition) is 4. The van der Waals surface area contributed by atoms with Gasteiger partial charge in [0.2, 0.25) is 0 Å². The van der Waals surface area contributed by atoms with Gasteiger partial charge in [0.25, 0.3) is 0 Å². The molecule has 0 aromatic heterocycles. The largest absolute Gasteiger partial charge is 0.457 e. The number of allylic oxidation sites excluding steroid dienone is 4. The van der Waals surface area contributed by atoms with Crippen LogP contribution >= 0.6 is 0 Å². The normalized spacial score (nSPS) is 12.4. The van der Waals surface area contributed by atoms with Crippen molar-refractivity contribution >= 4 is 5.97 Å². The lowest BCUT2D eigenvalue weighted by atomic mass is 10.1. The number of rotatable bonds is 44. The molecule has 0 bridgehead atoms. The maximum Gasteiger partial charge on any atom is 0.306 e. The smallest absolute Gasteiger partial charge is 0.306 e. The molecule has 0 spiro atoms. The Hall–Kier alpha value is -1.13. The van der Waals surface area contributed by atoms with Crippen molar-refractivity contribution in [1.29, 1.82) is 0 Å². The van der Waals surface area contributed by atoms with Crippen molar-refractivity contribution in [2.75, 3.05) is 19.8 Å². The minimum Gasteiger partial charge on any atom is -0.457 e.